The molecule has 2 fully saturated rings. The fraction of sp³-hybridized carbons (Fsp3) is 0.750. The third-order valence-corrected chi connectivity index (χ3v) is 4.62. The summed E-state index contributed by atoms with van der Waals surface area (Å²) in [5, 5.41) is 12.8. The number of piperidine rings is 1. The predicted octanol–water partition coefficient (Wildman–Crippen LogP) is 2.13. The Kier molecular flexibility index (Phi) is 4.93. The Morgan fingerprint density at radius 3 is 2.78 bits per heavy atom. The maximum absolute atomic E-state index is 12.5. The van der Waals surface area contributed by atoms with Crippen molar-refractivity contribution in [1.82, 2.24) is 15.0 Å². The summed E-state index contributed by atoms with van der Waals surface area (Å²) in [6, 6.07) is 0.0528. The number of hydrogen-bond donors (Lipinski definition) is 1. The molecule has 2 heterocycles. The second-order valence-electron chi connectivity index (χ2n) is 6.49. The Labute approximate surface area is 135 Å². The zero-order valence-electron chi connectivity index (χ0n) is 13.2. The quantitative estimate of drug-likeness (QED) is 0.826. The van der Waals surface area contributed by atoms with Crippen LogP contribution in [0, 0.1) is 0 Å². The Morgan fingerprint density at radius 1 is 1.22 bits per heavy atom. The molecule has 1 aromatic rings. The SMILES string of the molecule is O=C(O)CCC1CCCCN1C(=O)CCc1nc(C2CC2)no1. The van der Waals surface area contributed by atoms with E-state index in [0.29, 0.717) is 31.1 Å². The number of carboxylic acids is 1. The number of rotatable bonds is 7. The molecule has 1 saturated heterocycles. The summed E-state index contributed by atoms with van der Waals surface area (Å²) >= 11 is 0. The monoisotopic (exact) mass is 321 g/mol. The van der Waals surface area contributed by atoms with E-state index >= 15 is 0 Å². The summed E-state index contributed by atoms with van der Waals surface area (Å²) in [5.41, 5.74) is 0. The van der Waals surface area contributed by atoms with Crippen molar-refractivity contribution in [3.8, 4) is 0 Å². The molecule has 7 heteroatoms. The molecular formula is C16H23N3O4. The first-order valence-corrected chi connectivity index (χ1v) is 8.47. The highest BCUT2D eigenvalue weighted by Crippen LogP contribution is 2.38. The molecule has 1 aliphatic heterocycles. The zero-order valence-corrected chi connectivity index (χ0v) is 13.2. The molecule has 1 atom stereocenters. The van der Waals surface area contributed by atoms with Crippen LogP contribution in [-0.2, 0) is 16.0 Å². The number of carbonyl (C=O) groups excluding carboxylic acids is 1. The van der Waals surface area contributed by atoms with E-state index in [1.807, 2.05) is 4.90 Å². The van der Waals surface area contributed by atoms with Gasteiger partial charge in [0.25, 0.3) is 0 Å². The van der Waals surface area contributed by atoms with Gasteiger partial charge in [-0.05, 0) is 38.5 Å². The largest absolute Gasteiger partial charge is 0.481 e. The van der Waals surface area contributed by atoms with E-state index in [1.54, 1.807) is 0 Å². The first kappa shape index (κ1) is 16.0. The third-order valence-electron chi connectivity index (χ3n) is 4.62. The van der Waals surface area contributed by atoms with Crippen LogP contribution in [0.15, 0.2) is 4.52 Å². The maximum atomic E-state index is 12.5. The number of carbonyl (C=O) groups is 2. The minimum Gasteiger partial charge on any atom is -0.481 e. The van der Waals surface area contributed by atoms with Crippen molar-refractivity contribution in [2.75, 3.05) is 6.54 Å². The van der Waals surface area contributed by atoms with E-state index in [4.69, 9.17) is 9.63 Å². The topological polar surface area (TPSA) is 96.5 Å². The van der Waals surface area contributed by atoms with Crippen LogP contribution in [0.1, 0.15) is 69.0 Å². The summed E-state index contributed by atoms with van der Waals surface area (Å²) in [5.74, 6) is 1.00. The van der Waals surface area contributed by atoms with Gasteiger partial charge in [-0.2, -0.15) is 4.98 Å². The van der Waals surface area contributed by atoms with Crippen molar-refractivity contribution < 1.29 is 19.2 Å². The lowest BCUT2D eigenvalue weighted by Gasteiger charge is -2.35. The van der Waals surface area contributed by atoms with Gasteiger partial charge in [-0.25, -0.2) is 0 Å². The Morgan fingerprint density at radius 2 is 2.04 bits per heavy atom. The van der Waals surface area contributed by atoms with Gasteiger partial charge in [-0.1, -0.05) is 5.16 Å². The molecule has 23 heavy (non-hydrogen) atoms. The molecule has 2 aliphatic rings. The summed E-state index contributed by atoms with van der Waals surface area (Å²) in [6.45, 7) is 0.722. The van der Waals surface area contributed by atoms with Crippen molar-refractivity contribution >= 4 is 11.9 Å². The van der Waals surface area contributed by atoms with Gasteiger partial charge in [-0.3, -0.25) is 9.59 Å². The van der Waals surface area contributed by atoms with Gasteiger partial charge in [-0.15, -0.1) is 0 Å². The zero-order chi connectivity index (χ0) is 16.2. The fourth-order valence-electron chi connectivity index (χ4n) is 3.15. The standard InChI is InChI=1S/C16H23N3O4/c20-14(8-7-13-17-16(18-23-13)11-4-5-11)19-10-2-1-3-12(19)6-9-15(21)22/h11-12H,1-10H2,(H,21,22). The molecule has 1 N–H and O–H groups in total. The minimum absolute atomic E-state index is 0.0528. The lowest BCUT2D eigenvalue weighted by molar-refractivity contribution is -0.140. The van der Waals surface area contributed by atoms with E-state index in [0.717, 1.165) is 44.5 Å². The summed E-state index contributed by atoms with van der Waals surface area (Å²) in [4.78, 5) is 29.4. The van der Waals surface area contributed by atoms with Crippen molar-refractivity contribution in [3.05, 3.63) is 11.7 Å². The Hall–Kier alpha value is -1.92. The summed E-state index contributed by atoms with van der Waals surface area (Å²) in [6.07, 6.45) is 6.64. The van der Waals surface area contributed by atoms with Crippen LogP contribution in [0.5, 0.6) is 0 Å². The number of aromatic nitrogens is 2. The maximum Gasteiger partial charge on any atom is 0.303 e. The second-order valence-corrected chi connectivity index (χ2v) is 6.49. The van der Waals surface area contributed by atoms with Crippen molar-refractivity contribution in [3.63, 3.8) is 0 Å². The minimum atomic E-state index is -0.804. The molecule has 1 aromatic heterocycles. The fourth-order valence-corrected chi connectivity index (χ4v) is 3.15. The van der Waals surface area contributed by atoms with Crippen LogP contribution in [0.2, 0.25) is 0 Å². The van der Waals surface area contributed by atoms with E-state index < -0.39 is 5.97 Å². The number of amides is 1. The number of nitrogens with zero attached hydrogens (tertiary/aromatic N) is 3. The van der Waals surface area contributed by atoms with E-state index in [2.05, 4.69) is 10.1 Å². The first-order valence-electron chi connectivity index (χ1n) is 8.47. The van der Waals surface area contributed by atoms with Crippen molar-refractivity contribution in [1.29, 1.82) is 0 Å². The van der Waals surface area contributed by atoms with Gasteiger partial charge >= 0.3 is 5.97 Å². The lowest BCUT2D eigenvalue weighted by Crippen LogP contribution is -2.44. The second kappa shape index (κ2) is 7.10. The third kappa shape index (κ3) is 4.30. The van der Waals surface area contributed by atoms with Crippen LogP contribution in [-0.4, -0.2) is 44.6 Å². The van der Waals surface area contributed by atoms with Crippen molar-refractivity contribution in [2.45, 2.75) is 69.7 Å². The molecule has 0 aromatic carbocycles. The van der Waals surface area contributed by atoms with E-state index in [-0.39, 0.29) is 18.4 Å². The smallest absolute Gasteiger partial charge is 0.303 e. The normalized spacial score (nSPS) is 21.4. The number of aliphatic carboxylic acids is 1. The van der Waals surface area contributed by atoms with Crippen LogP contribution < -0.4 is 0 Å². The van der Waals surface area contributed by atoms with Crippen LogP contribution in [0.4, 0.5) is 0 Å². The van der Waals surface area contributed by atoms with Gasteiger partial charge in [0, 0.05) is 37.8 Å². The number of aryl methyl sites for hydroxylation is 1. The molecule has 0 bridgehead atoms. The van der Waals surface area contributed by atoms with Gasteiger partial charge in [0.1, 0.15) is 0 Å². The van der Waals surface area contributed by atoms with E-state index in [1.165, 1.54) is 0 Å². The van der Waals surface area contributed by atoms with Crippen LogP contribution >= 0.6 is 0 Å². The van der Waals surface area contributed by atoms with Crippen LogP contribution in [0.25, 0.3) is 0 Å². The first-order chi connectivity index (χ1) is 11.1. The Balaban J connectivity index is 1.51. The van der Waals surface area contributed by atoms with Gasteiger partial charge in [0.2, 0.25) is 11.8 Å². The van der Waals surface area contributed by atoms with Crippen LogP contribution in [0.3, 0.4) is 0 Å². The highest BCUT2D eigenvalue weighted by Gasteiger charge is 2.30. The molecule has 1 saturated carbocycles. The average Bonchev–Trinajstić information content (AvgIpc) is 3.29. The summed E-state index contributed by atoms with van der Waals surface area (Å²) in [7, 11) is 0. The average molecular weight is 321 g/mol. The molecule has 0 radical (unpaired) electrons. The highest BCUT2D eigenvalue weighted by molar-refractivity contribution is 5.77. The predicted molar refractivity (Wildman–Crippen MR) is 80.8 cm³/mol. The highest BCUT2D eigenvalue weighted by atomic mass is 16.5. The lowest BCUT2D eigenvalue weighted by atomic mass is 9.97. The molecule has 7 nitrogen and oxygen atoms in total. The number of hydrogen-bond acceptors (Lipinski definition) is 5. The van der Waals surface area contributed by atoms with E-state index in [9.17, 15) is 9.59 Å². The van der Waals surface area contributed by atoms with Gasteiger partial charge in [0.05, 0.1) is 0 Å². The molecule has 1 amide bonds. The molecule has 1 unspecified atom stereocenters. The Bertz CT molecular complexity index is 567. The molecular weight excluding hydrogens is 298 g/mol. The van der Waals surface area contributed by atoms with Gasteiger partial charge < -0.3 is 14.5 Å². The molecule has 126 valence electrons. The van der Waals surface area contributed by atoms with Crippen molar-refractivity contribution in [2.24, 2.45) is 0 Å². The summed E-state index contributed by atoms with van der Waals surface area (Å²) < 4.78 is 5.20. The molecule has 1 aliphatic carbocycles. The number of likely N-dealkylation sites (tertiary alicyclic amines) is 1. The van der Waals surface area contributed by atoms with Gasteiger partial charge in [0.15, 0.2) is 5.82 Å². The number of carboxylic acid groups (broad SMARTS) is 1. The molecule has 3 rings (SSSR count). The molecule has 0 spiro atoms.